The first-order chi connectivity index (χ1) is 11.7. The van der Waals surface area contributed by atoms with Gasteiger partial charge in [-0.15, -0.1) is 15.8 Å². The summed E-state index contributed by atoms with van der Waals surface area (Å²) >= 11 is 0. The minimum atomic E-state index is 0.366. The Balaban J connectivity index is 2.23. The van der Waals surface area contributed by atoms with Crippen LogP contribution in [0.5, 0.6) is 0 Å². The highest BCUT2D eigenvalue weighted by Crippen LogP contribution is 2.51. The normalized spacial score (nSPS) is 23.0. The van der Waals surface area contributed by atoms with Crippen molar-refractivity contribution in [1.82, 2.24) is 0 Å². The van der Waals surface area contributed by atoms with Crippen LogP contribution in [0.4, 0.5) is 0 Å². The van der Waals surface area contributed by atoms with Gasteiger partial charge in [0, 0.05) is 0 Å². The van der Waals surface area contributed by atoms with Crippen LogP contribution in [0.1, 0.15) is 91.9 Å². The lowest BCUT2D eigenvalue weighted by Gasteiger charge is -2.41. The molecule has 0 radical (unpaired) electrons. The van der Waals surface area contributed by atoms with Gasteiger partial charge in [0.25, 0.3) is 0 Å². The number of unbranched alkanes of at least 4 members (excludes halogenated alkanes) is 6. The van der Waals surface area contributed by atoms with Crippen molar-refractivity contribution < 1.29 is 0 Å². The third-order valence-electron chi connectivity index (χ3n) is 6.11. The molecule has 144 valence electrons. The highest BCUT2D eigenvalue weighted by Gasteiger charge is 2.33. The van der Waals surface area contributed by atoms with Crippen LogP contribution in [0.3, 0.4) is 0 Å². The molecule has 0 amide bonds. The molecule has 1 saturated carbocycles. The van der Waals surface area contributed by atoms with E-state index in [1.165, 1.54) is 63.7 Å². The molecule has 2 heteroatoms. The van der Waals surface area contributed by atoms with E-state index in [1.807, 2.05) is 0 Å². The second-order valence-electron chi connectivity index (χ2n) is 8.01. The molecule has 1 fully saturated rings. The van der Waals surface area contributed by atoms with Gasteiger partial charge in [0.05, 0.1) is 0 Å². The van der Waals surface area contributed by atoms with Crippen molar-refractivity contribution in [2.75, 3.05) is 37.0 Å². The fourth-order valence-electron chi connectivity index (χ4n) is 4.06. The van der Waals surface area contributed by atoms with E-state index in [4.69, 9.17) is 0 Å². The maximum atomic E-state index is 2.46. The fourth-order valence-corrected chi connectivity index (χ4v) is 9.21. The van der Waals surface area contributed by atoms with Gasteiger partial charge < -0.3 is 0 Å². The molecule has 0 aromatic heterocycles. The molecule has 0 aliphatic heterocycles. The molecule has 4 atom stereocenters. The summed E-state index contributed by atoms with van der Waals surface area (Å²) in [5, 5.41) is 0. The van der Waals surface area contributed by atoms with Crippen LogP contribution in [0, 0.1) is 11.8 Å². The summed E-state index contributed by atoms with van der Waals surface area (Å²) in [5.41, 5.74) is 0. The highest BCUT2D eigenvalue weighted by molar-refractivity contribution is 7.58. The predicted molar refractivity (Wildman–Crippen MR) is 119 cm³/mol. The van der Waals surface area contributed by atoms with Crippen LogP contribution in [-0.2, 0) is 0 Å². The van der Waals surface area contributed by atoms with Gasteiger partial charge in [-0.05, 0) is 74.5 Å². The zero-order valence-electron chi connectivity index (χ0n) is 17.4. The Morgan fingerprint density at radius 3 is 1.29 bits per heavy atom. The van der Waals surface area contributed by atoms with Crippen molar-refractivity contribution in [1.29, 1.82) is 0 Å². The van der Waals surface area contributed by atoms with E-state index < -0.39 is 0 Å². The van der Waals surface area contributed by atoms with E-state index in [-0.39, 0.29) is 0 Å². The summed E-state index contributed by atoms with van der Waals surface area (Å²) in [7, 11) is 0.733. The Labute approximate surface area is 156 Å². The first kappa shape index (κ1) is 22.9. The zero-order valence-corrected chi connectivity index (χ0v) is 19.2. The molecule has 0 saturated heterocycles. The smallest absolute Gasteiger partial charge is 0.0295 e. The molecule has 0 spiro atoms. The molecule has 0 N–H and O–H groups in total. The average Bonchev–Trinajstić information content (AvgIpc) is 2.59. The first-order valence-electron chi connectivity index (χ1n) is 11.2. The lowest BCUT2D eigenvalue weighted by atomic mass is 9.76. The van der Waals surface area contributed by atoms with Gasteiger partial charge in [-0.1, -0.05) is 66.2 Å². The highest BCUT2D eigenvalue weighted by atomic mass is 31.1. The van der Waals surface area contributed by atoms with Crippen molar-refractivity contribution in [3.8, 4) is 0 Å². The molecular formula is C22H46P2. The third-order valence-corrected chi connectivity index (χ3v) is 11.8. The Morgan fingerprint density at radius 2 is 1.00 bits per heavy atom. The van der Waals surface area contributed by atoms with Gasteiger partial charge in [-0.3, -0.25) is 0 Å². The van der Waals surface area contributed by atoms with Crippen LogP contribution >= 0.6 is 15.8 Å². The molecule has 1 rings (SSSR count). The van der Waals surface area contributed by atoms with E-state index >= 15 is 0 Å². The fraction of sp³-hybridized carbons (Fsp3) is 1.00. The second kappa shape index (κ2) is 15.0. The Kier molecular flexibility index (Phi) is 14.3. The zero-order chi connectivity index (χ0) is 17.6. The van der Waals surface area contributed by atoms with Crippen molar-refractivity contribution in [3.05, 3.63) is 0 Å². The van der Waals surface area contributed by atoms with Gasteiger partial charge in [-0.2, -0.15) is 0 Å². The minimum Gasteiger partial charge on any atom is -0.107 e. The molecule has 0 aromatic rings. The van der Waals surface area contributed by atoms with Crippen molar-refractivity contribution in [2.45, 2.75) is 91.9 Å². The third kappa shape index (κ3) is 9.53. The van der Waals surface area contributed by atoms with Gasteiger partial charge in [-0.25, -0.2) is 0 Å². The van der Waals surface area contributed by atoms with E-state index in [0.29, 0.717) is 15.8 Å². The summed E-state index contributed by atoms with van der Waals surface area (Å²) in [6.45, 7) is 9.59. The van der Waals surface area contributed by atoms with Crippen molar-refractivity contribution in [3.63, 3.8) is 0 Å². The Bertz CT molecular complexity index is 251. The van der Waals surface area contributed by atoms with Crippen LogP contribution < -0.4 is 0 Å². The quantitative estimate of drug-likeness (QED) is 0.189. The SMILES string of the molecule is CCCCCCP(CC)CC1CCC1CP(CC)CCCCCC. The van der Waals surface area contributed by atoms with Crippen LogP contribution in [-0.4, -0.2) is 37.0 Å². The van der Waals surface area contributed by atoms with E-state index in [9.17, 15) is 0 Å². The molecule has 4 unspecified atom stereocenters. The first-order valence-corrected chi connectivity index (χ1v) is 15.0. The van der Waals surface area contributed by atoms with Gasteiger partial charge in [0.2, 0.25) is 0 Å². The van der Waals surface area contributed by atoms with E-state index in [2.05, 4.69) is 27.7 Å². The second-order valence-corrected chi connectivity index (χ2v) is 13.6. The summed E-state index contributed by atoms with van der Waals surface area (Å²) in [6, 6.07) is 0. The minimum absolute atomic E-state index is 0.366. The summed E-state index contributed by atoms with van der Waals surface area (Å²) in [4.78, 5) is 0. The van der Waals surface area contributed by atoms with Crippen LogP contribution in [0.15, 0.2) is 0 Å². The summed E-state index contributed by atoms with van der Waals surface area (Å²) in [6.07, 6.45) is 24.2. The summed E-state index contributed by atoms with van der Waals surface area (Å²) < 4.78 is 0. The maximum absolute atomic E-state index is 2.46. The number of hydrogen-bond acceptors (Lipinski definition) is 0. The predicted octanol–water partition coefficient (Wildman–Crippen LogP) is 8.18. The van der Waals surface area contributed by atoms with Crippen LogP contribution in [0.25, 0.3) is 0 Å². The molecular weight excluding hydrogens is 326 g/mol. The lowest BCUT2D eigenvalue weighted by Crippen LogP contribution is -2.31. The monoisotopic (exact) mass is 372 g/mol. The largest absolute Gasteiger partial charge is 0.107 e. The van der Waals surface area contributed by atoms with Crippen LogP contribution in [0.2, 0.25) is 0 Å². The Hall–Kier alpha value is 0.860. The molecule has 1 aliphatic rings. The molecule has 0 bridgehead atoms. The molecule has 1 aliphatic carbocycles. The number of rotatable bonds is 16. The van der Waals surface area contributed by atoms with Gasteiger partial charge in [0.1, 0.15) is 0 Å². The standard InChI is InChI=1S/C22H46P2/c1-5-9-11-13-17-23(7-3)19-21-15-16-22(21)20-24(8-4)18-14-12-10-6-2/h21-22H,5-20H2,1-4H3. The van der Waals surface area contributed by atoms with E-state index in [0.717, 1.165) is 11.8 Å². The van der Waals surface area contributed by atoms with E-state index in [1.54, 1.807) is 37.5 Å². The average molecular weight is 373 g/mol. The summed E-state index contributed by atoms with van der Waals surface area (Å²) in [5.74, 6) is 2.27. The van der Waals surface area contributed by atoms with Crippen molar-refractivity contribution in [2.24, 2.45) is 11.8 Å². The number of hydrogen-bond donors (Lipinski definition) is 0. The van der Waals surface area contributed by atoms with Gasteiger partial charge >= 0.3 is 0 Å². The topological polar surface area (TPSA) is 0 Å². The lowest BCUT2D eigenvalue weighted by molar-refractivity contribution is 0.227. The van der Waals surface area contributed by atoms with Gasteiger partial charge in [0.15, 0.2) is 0 Å². The molecule has 0 heterocycles. The van der Waals surface area contributed by atoms with Crippen molar-refractivity contribution >= 4 is 15.8 Å². The molecule has 0 aromatic carbocycles. The maximum Gasteiger partial charge on any atom is -0.0295 e. The molecule has 0 nitrogen and oxygen atoms in total. The molecule has 24 heavy (non-hydrogen) atoms. The Morgan fingerprint density at radius 1 is 0.583 bits per heavy atom.